The first kappa shape index (κ1) is 16.9. The molecule has 6 nitrogen and oxygen atoms in total. The first-order valence-corrected chi connectivity index (χ1v) is 7.48. The van der Waals surface area contributed by atoms with Gasteiger partial charge in [0.1, 0.15) is 3.53 Å². The highest BCUT2D eigenvalue weighted by molar-refractivity contribution is 8.47. The summed E-state index contributed by atoms with van der Waals surface area (Å²) in [6, 6.07) is 3.54. The molecule has 20 heavy (non-hydrogen) atoms. The standard InChI is InChI=1S/C11H12N2O4S3/c1-11(2,3)20-10(18)19-9-5-4-7(12(14)15)6-8(9)13(16)17/h4-6H,1-3H3. The Balaban J connectivity index is 3.03. The van der Waals surface area contributed by atoms with E-state index in [0.29, 0.717) is 8.42 Å². The number of rotatable bonds is 3. The fourth-order valence-electron chi connectivity index (χ4n) is 1.21. The van der Waals surface area contributed by atoms with Crippen molar-refractivity contribution in [1.82, 2.24) is 0 Å². The van der Waals surface area contributed by atoms with Crippen LogP contribution in [0.3, 0.4) is 0 Å². The number of benzene rings is 1. The summed E-state index contributed by atoms with van der Waals surface area (Å²) >= 11 is 7.68. The lowest BCUT2D eigenvalue weighted by Gasteiger charge is -2.17. The van der Waals surface area contributed by atoms with Gasteiger partial charge in [-0.25, -0.2) is 0 Å². The number of hydrogen-bond donors (Lipinski definition) is 0. The van der Waals surface area contributed by atoms with Crippen LogP contribution in [0.2, 0.25) is 0 Å². The molecule has 0 bridgehead atoms. The molecule has 1 aromatic carbocycles. The maximum Gasteiger partial charge on any atom is 0.290 e. The van der Waals surface area contributed by atoms with Crippen LogP contribution in [0.5, 0.6) is 0 Å². The Morgan fingerprint density at radius 3 is 2.25 bits per heavy atom. The number of nitro groups is 2. The molecule has 1 rings (SSSR count). The first-order chi connectivity index (χ1) is 9.10. The van der Waals surface area contributed by atoms with Gasteiger partial charge in [-0.15, -0.1) is 11.8 Å². The minimum Gasteiger partial charge on any atom is -0.258 e. The summed E-state index contributed by atoms with van der Waals surface area (Å²) < 4.78 is 0.439. The number of thiocarbonyl (C=S) groups is 1. The van der Waals surface area contributed by atoms with Crippen molar-refractivity contribution in [1.29, 1.82) is 0 Å². The molecule has 0 fully saturated rings. The Labute approximate surface area is 129 Å². The van der Waals surface area contributed by atoms with Gasteiger partial charge in [0.25, 0.3) is 11.4 Å². The molecule has 0 atom stereocenters. The van der Waals surface area contributed by atoms with Gasteiger partial charge in [0.15, 0.2) is 0 Å². The van der Waals surface area contributed by atoms with Gasteiger partial charge in [0.05, 0.1) is 20.8 Å². The van der Waals surface area contributed by atoms with Gasteiger partial charge in [-0.1, -0.05) is 44.8 Å². The monoisotopic (exact) mass is 332 g/mol. The molecule has 0 radical (unpaired) electrons. The summed E-state index contributed by atoms with van der Waals surface area (Å²) in [4.78, 5) is 20.6. The quantitative estimate of drug-likeness (QED) is 0.350. The van der Waals surface area contributed by atoms with Crippen LogP contribution >= 0.6 is 35.7 Å². The molecule has 0 aliphatic carbocycles. The Hall–Kier alpha value is -1.19. The molecule has 1 aromatic rings. The molecule has 0 heterocycles. The van der Waals surface area contributed by atoms with Crippen LogP contribution < -0.4 is 0 Å². The largest absolute Gasteiger partial charge is 0.290 e. The normalized spacial score (nSPS) is 11.2. The number of hydrogen-bond acceptors (Lipinski definition) is 7. The molecule has 0 saturated carbocycles. The van der Waals surface area contributed by atoms with Gasteiger partial charge in [0, 0.05) is 10.8 Å². The molecular formula is C11H12N2O4S3. The van der Waals surface area contributed by atoms with E-state index in [0.717, 1.165) is 17.8 Å². The lowest BCUT2D eigenvalue weighted by atomic mass is 10.3. The highest BCUT2D eigenvalue weighted by atomic mass is 32.2. The third-order valence-corrected chi connectivity index (χ3v) is 4.44. The minimum absolute atomic E-state index is 0.0976. The summed E-state index contributed by atoms with van der Waals surface area (Å²) in [5.41, 5.74) is -0.614. The summed E-state index contributed by atoms with van der Waals surface area (Å²) in [5.74, 6) is 0. The molecule has 0 amide bonds. The predicted octanol–water partition coefficient (Wildman–Crippen LogP) is 4.41. The van der Waals surface area contributed by atoms with E-state index in [1.807, 2.05) is 20.8 Å². The van der Waals surface area contributed by atoms with E-state index in [2.05, 4.69) is 0 Å². The van der Waals surface area contributed by atoms with Gasteiger partial charge in [-0.3, -0.25) is 20.2 Å². The van der Waals surface area contributed by atoms with Crippen molar-refractivity contribution in [3.8, 4) is 0 Å². The Bertz CT molecular complexity index is 569. The maximum atomic E-state index is 11.0. The lowest BCUT2D eigenvalue weighted by Crippen LogP contribution is -2.09. The Morgan fingerprint density at radius 1 is 1.20 bits per heavy atom. The van der Waals surface area contributed by atoms with E-state index in [4.69, 9.17) is 12.2 Å². The van der Waals surface area contributed by atoms with E-state index in [9.17, 15) is 20.2 Å². The van der Waals surface area contributed by atoms with Crippen molar-refractivity contribution in [3.63, 3.8) is 0 Å². The van der Waals surface area contributed by atoms with Crippen LogP contribution in [0.15, 0.2) is 23.1 Å². The van der Waals surface area contributed by atoms with Crippen molar-refractivity contribution in [2.75, 3.05) is 0 Å². The van der Waals surface area contributed by atoms with E-state index < -0.39 is 9.85 Å². The average Bonchev–Trinajstić information content (AvgIpc) is 2.25. The van der Waals surface area contributed by atoms with E-state index in [1.54, 1.807) is 0 Å². The van der Waals surface area contributed by atoms with Crippen molar-refractivity contribution in [2.24, 2.45) is 0 Å². The zero-order valence-electron chi connectivity index (χ0n) is 11.0. The van der Waals surface area contributed by atoms with Gasteiger partial charge in [-0.2, -0.15) is 0 Å². The number of thioether (sulfide) groups is 2. The average molecular weight is 332 g/mol. The minimum atomic E-state index is -0.663. The smallest absolute Gasteiger partial charge is 0.258 e. The maximum absolute atomic E-state index is 11.0. The number of nitrogens with zero attached hydrogens (tertiary/aromatic N) is 2. The van der Waals surface area contributed by atoms with Gasteiger partial charge in [-0.05, 0) is 6.07 Å². The highest BCUT2D eigenvalue weighted by Gasteiger charge is 2.22. The summed E-state index contributed by atoms with van der Waals surface area (Å²) in [7, 11) is 0. The molecule has 0 aromatic heterocycles. The van der Waals surface area contributed by atoms with E-state index in [-0.39, 0.29) is 16.1 Å². The first-order valence-electron chi connectivity index (χ1n) is 5.44. The van der Waals surface area contributed by atoms with Crippen molar-refractivity contribution in [3.05, 3.63) is 38.4 Å². The van der Waals surface area contributed by atoms with Gasteiger partial charge < -0.3 is 0 Å². The zero-order valence-corrected chi connectivity index (χ0v) is 13.4. The van der Waals surface area contributed by atoms with Crippen molar-refractivity contribution < 1.29 is 9.85 Å². The third-order valence-electron chi connectivity index (χ3n) is 1.93. The summed E-state index contributed by atoms with van der Waals surface area (Å²) in [6.07, 6.45) is 0. The van der Waals surface area contributed by atoms with Crippen LogP contribution in [0.25, 0.3) is 0 Å². The fourth-order valence-corrected chi connectivity index (χ4v) is 4.47. The number of nitro benzene ring substituents is 2. The Morgan fingerprint density at radius 2 is 1.80 bits per heavy atom. The van der Waals surface area contributed by atoms with Gasteiger partial charge in [0.2, 0.25) is 0 Å². The molecular weight excluding hydrogens is 320 g/mol. The molecule has 0 N–H and O–H groups in total. The third kappa shape index (κ3) is 5.06. The van der Waals surface area contributed by atoms with Crippen LogP contribution in [0.4, 0.5) is 11.4 Å². The lowest BCUT2D eigenvalue weighted by molar-refractivity contribution is -0.396. The van der Waals surface area contributed by atoms with Crippen molar-refractivity contribution in [2.45, 2.75) is 30.4 Å². The van der Waals surface area contributed by atoms with Crippen LogP contribution in [0.1, 0.15) is 20.8 Å². The fraction of sp³-hybridized carbons (Fsp3) is 0.364. The second-order valence-corrected chi connectivity index (χ2v) is 8.81. The Kier molecular flexibility index (Phi) is 5.49. The topological polar surface area (TPSA) is 86.3 Å². The molecule has 9 heteroatoms. The molecule has 0 aliphatic heterocycles. The van der Waals surface area contributed by atoms with Crippen LogP contribution in [-0.2, 0) is 0 Å². The summed E-state index contributed by atoms with van der Waals surface area (Å²) in [5, 5.41) is 21.6. The molecule has 108 valence electrons. The zero-order chi connectivity index (χ0) is 15.5. The second-order valence-electron chi connectivity index (χ2n) is 4.73. The molecule has 0 unspecified atom stereocenters. The summed E-state index contributed by atoms with van der Waals surface area (Å²) in [6.45, 7) is 5.94. The van der Waals surface area contributed by atoms with E-state index >= 15 is 0 Å². The van der Waals surface area contributed by atoms with Gasteiger partial charge >= 0.3 is 0 Å². The SMILES string of the molecule is CC(C)(C)SC(=S)Sc1ccc([N+](=O)[O-])cc1[N+](=O)[O-]. The molecule has 0 saturated heterocycles. The van der Waals surface area contributed by atoms with Crippen LogP contribution in [-0.4, -0.2) is 18.1 Å². The second kappa shape index (κ2) is 6.51. The highest BCUT2D eigenvalue weighted by Crippen LogP contribution is 2.38. The van der Waals surface area contributed by atoms with Crippen LogP contribution in [0, 0.1) is 20.2 Å². The van der Waals surface area contributed by atoms with E-state index in [1.165, 1.54) is 23.9 Å². The predicted molar refractivity (Wildman–Crippen MR) is 85.5 cm³/mol. The van der Waals surface area contributed by atoms with Crippen molar-refractivity contribution >= 4 is 50.6 Å². The molecule has 0 aliphatic rings. The molecule has 0 spiro atoms. The number of non-ortho nitro benzene ring substituents is 1.